The average Bonchev–Trinajstić information content (AvgIpc) is 2.69. The highest BCUT2D eigenvalue weighted by Gasteiger charge is 2.27. The minimum Gasteiger partial charge on any atom is -0.324 e. The summed E-state index contributed by atoms with van der Waals surface area (Å²) < 4.78 is 0.915. The summed E-state index contributed by atoms with van der Waals surface area (Å²) in [6.07, 6.45) is 1.25. The molecule has 0 saturated heterocycles. The van der Waals surface area contributed by atoms with Gasteiger partial charge >= 0.3 is 0 Å². The summed E-state index contributed by atoms with van der Waals surface area (Å²) in [4.78, 5) is 25.7. The van der Waals surface area contributed by atoms with E-state index < -0.39 is 0 Å². The van der Waals surface area contributed by atoms with Crippen LogP contribution in [0.2, 0.25) is 0 Å². The van der Waals surface area contributed by atoms with Crippen LogP contribution < -0.4 is 10.2 Å². The van der Waals surface area contributed by atoms with Crippen LogP contribution in [0, 0.1) is 5.41 Å². The zero-order valence-electron chi connectivity index (χ0n) is 12.9. The first kappa shape index (κ1) is 16.0. The number of nitrogens with one attached hydrogen (secondary N) is 1. The third-order valence-electron chi connectivity index (χ3n) is 3.37. The standard InChI is InChI=1S/C16H21BrN2O2/c1-10(20)19-6-5-11-7-12(17)8-13(15(11)19)18-14(21)9-16(2,3)4/h7-8H,5-6,9H2,1-4H3,(H,18,21). The fraction of sp³-hybridized carbons (Fsp3) is 0.500. The van der Waals surface area contributed by atoms with Crippen LogP contribution in [0.4, 0.5) is 11.4 Å². The second-order valence-corrected chi connectivity index (χ2v) is 7.58. The normalized spacial score (nSPS) is 14.0. The maximum atomic E-state index is 12.2. The van der Waals surface area contributed by atoms with Crippen LogP contribution in [0.5, 0.6) is 0 Å². The molecular weight excluding hydrogens is 332 g/mol. The Kier molecular flexibility index (Phi) is 4.42. The van der Waals surface area contributed by atoms with Gasteiger partial charge in [0.25, 0.3) is 0 Å². The summed E-state index contributed by atoms with van der Waals surface area (Å²) in [5.41, 5.74) is 2.57. The van der Waals surface area contributed by atoms with Crippen LogP contribution in [-0.4, -0.2) is 18.4 Å². The maximum absolute atomic E-state index is 12.2. The molecule has 1 aromatic carbocycles. The second-order valence-electron chi connectivity index (χ2n) is 6.67. The van der Waals surface area contributed by atoms with Gasteiger partial charge in [-0.1, -0.05) is 36.7 Å². The fourth-order valence-corrected chi connectivity index (χ4v) is 3.10. The van der Waals surface area contributed by atoms with Crippen LogP contribution in [0.25, 0.3) is 0 Å². The number of amides is 2. The Hall–Kier alpha value is -1.36. The Morgan fingerprint density at radius 2 is 2.00 bits per heavy atom. The summed E-state index contributed by atoms with van der Waals surface area (Å²) in [7, 11) is 0. The Balaban J connectivity index is 2.32. The molecule has 0 spiro atoms. The third kappa shape index (κ3) is 3.84. The lowest BCUT2D eigenvalue weighted by Gasteiger charge is -2.21. The predicted octanol–water partition coefficient (Wildman–Crippen LogP) is 3.73. The minimum atomic E-state index is -0.0699. The molecule has 0 atom stereocenters. The largest absolute Gasteiger partial charge is 0.324 e. The molecule has 1 aliphatic rings. The molecule has 0 bridgehead atoms. The number of halogens is 1. The number of nitrogens with zero attached hydrogens (tertiary/aromatic N) is 1. The number of carbonyl (C=O) groups excluding carboxylic acids is 2. The van der Waals surface area contributed by atoms with Crippen molar-refractivity contribution in [3.8, 4) is 0 Å². The Morgan fingerprint density at radius 3 is 2.57 bits per heavy atom. The van der Waals surface area contributed by atoms with Gasteiger partial charge in [0, 0.05) is 24.4 Å². The van der Waals surface area contributed by atoms with Crippen molar-refractivity contribution in [3.63, 3.8) is 0 Å². The van der Waals surface area contributed by atoms with Crippen LogP contribution in [0.15, 0.2) is 16.6 Å². The number of rotatable bonds is 2. The van der Waals surface area contributed by atoms with E-state index in [9.17, 15) is 9.59 Å². The summed E-state index contributed by atoms with van der Waals surface area (Å²) >= 11 is 3.47. The molecule has 0 unspecified atom stereocenters. The molecule has 0 saturated carbocycles. The van der Waals surface area contributed by atoms with E-state index in [4.69, 9.17) is 0 Å². The van der Waals surface area contributed by atoms with Crippen molar-refractivity contribution in [2.45, 2.75) is 40.5 Å². The molecular formula is C16H21BrN2O2. The SMILES string of the molecule is CC(=O)N1CCc2cc(Br)cc(NC(=O)CC(C)(C)C)c21. The molecule has 21 heavy (non-hydrogen) atoms. The monoisotopic (exact) mass is 352 g/mol. The van der Waals surface area contributed by atoms with Crippen LogP contribution in [0.1, 0.15) is 39.7 Å². The maximum Gasteiger partial charge on any atom is 0.224 e. The van der Waals surface area contributed by atoms with Gasteiger partial charge < -0.3 is 10.2 Å². The summed E-state index contributed by atoms with van der Waals surface area (Å²) in [6.45, 7) is 8.31. The van der Waals surface area contributed by atoms with E-state index in [-0.39, 0.29) is 17.2 Å². The molecule has 4 nitrogen and oxygen atoms in total. The van der Waals surface area contributed by atoms with Crippen molar-refractivity contribution in [1.29, 1.82) is 0 Å². The molecule has 5 heteroatoms. The van der Waals surface area contributed by atoms with Gasteiger partial charge in [0.15, 0.2) is 0 Å². The van der Waals surface area contributed by atoms with E-state index in [1.54, 1.807) is 11.8 Å². The first-order chi connectivity index (χ1) is 9.67. The molecule has 0 aromatic heterocycles. The predicted molar refractivity (Wildman–Crippen MR) is 88.6 cm³/mol. The lowest BCUT2D eigenvalue weighted by Crippen LogP contribution is -2.27. The van der Waals surface area contributed by atoms with Gasteiger partial charge in [-0.2, -0.15) is 0 Å². The molecule has 1 aromatic rings. The number of anilines is 2. The molecule has 0 fully saturated rings. The van der Waals surface area contributed by atoms with Gasteiger partial charge in [-0.3, -0.25) is 9.59 Å². The highest BCUT2D eigenvalue weighted by molar-refractivity contribution is 9.10. The number of hydrogen-bond acceptors (Lipinski definition) is 2. The summed E-state index contributed by atoms with van der Waals surface area (Å²) in [5.74, 6) is -0.0272. The molecule has 114 valence electrons. The van der Waals surface area contributed by atoms with Crippen molar-refractivity contribution >= 4 is 39.1 Å². The first-order valence-corrected chi connectivity index (χ1v) is 7.87. The highest BCUT2D eigenvalue weighted by atomic mass is 79.9. The van der Waals surface area contributed by atoms with Crippen molar-refractivity contribution in [1.82, 2.24) is 0 Å². The quantitative estimate of drug-likeness (QED) is 0.881. The fourth-order valence-electron chi connectivity index (χ4n) is 2.60. The smallest absolute Gasteiger partial charge is 0.224 e. The zero-order chi connectivity index (χ0) is 15.8. The third-order valence-corrected chi connectivity index (χ3v) is 3.83. The Bertz CT molecular complexity index is 591. The molecule has 0 radical (unpaired) electrons. The van der Waals surface area contributed by atoms with Crippen molar-refractivity contribution < 1.29 is 9.59 Å². The molecule has 0 aliphatic carbocycles. The lowest BCUT2D eigenvalue weighted by molar-refractivity contribution is -0.118. The van der Waals surface area contributed by atoms with E-state index in [2.05, 4.69) is 21.2 Å². The van der Waals surface area contributed by atoms with E-state index >= 15 is 0 Å². The minimum absolute atomic E-state index is 0.00222. The van der Waals surface area contributed by atoms with Crippen molar-refractivity contribution in [3.05, 3.63) is 22.2 Å². The molecule has 1 aliphatic heterocycles. The average molecular weight is 353 g/mol. The highest BCUT2D eigenvalue weighted by Crippen LogP contribution is 2.38. The van der Waals surface area contributed by atoms with Gasteiger partial charge in [0.2, 0.25) is 11.8 Å². The number of hydrogen-bond donors (Lipinski definition) is 1. The van der Waals surface area contributed by atoms with Gasteiger partial charge in [-0.05, 0) is 29.5 Å². The Labute approximate surface area is 134 Å². The van der Waals surface area contributed by atoms with Crippen LogP contribution in [0.3, 0.4) is 0 Å². The Morgan fingerprint density at radius 1 is 1.33 bits per heavy atom. The molecule has 1 heterocycles. The lowest BCUT2D eigenvalue weighted by atomic mass is 9.92. The van der Waals surface area contributed by atoms with E-state index in [0.717, 1.165) is 22.1 Å². The zero-order valence-corrected chi connectivity index (χ0v) is 14.5. The topological polar surface area (TPSA) is 49.4 Å². The molecule has 2 amide bonds. The van der Waals surface area contributed by atoms with Gasteiger partial charge in [0.05, 0.1) is 11.4 Å². The number of carbonyl (C=O) groups is 2. The summed E-state index contributed by atoms with van der Waals surface area (Å²) in [5, 5.41) is 2.96. The van der Waals surface area contributed by atoms with Crippen molar-refractivity contribution in [2.75, 3.05) is 16.8 Å². The van der Waals surface area contributed by atoms with E-state index in [0.29, 0.717) is 18.7 Å². The van der Waals surface area contributed by atoms with Gasteiger partial charge in [0.1, 0.15) is 0 Å². The number of fused-ring (bicyclic) bond motifs is 1. The molecule has 2 rings (SSSR count). The van der Waals surface area contributed by atoms with E-state index in [1.165, 1.54) is 0 Å². The number of benzene rings is 1. The van der Waals surface area contributed by atoms with Crippen molar-refractivity contribution in [2.24, 2.45) is 5.41 Å². The summed E-state index contributed by atoms with van der Waals surface area (Å²) in [6, 6.07) is 3.87. The van der Waals surface area contributed by atoms with E-state index in [1.807, 2.05) is 32.9 Å². The van der Waals surface area contributed by atoms with Gasteiger partial charge in [-0.15, -0.1) is 0 Å². The first-order valence-electron chi connectivity index (χ1n) is 7.08. The van der Waals surface area contributed by atoms with Crippen LogP contribution in [-0.2, 0) is 16.0 Å². The second kappa shape index (κ2) is 5.79. The van der Waals surface area contributed by atoms with Gasteiger partial charge in [-0.25, -0.2) is 0 Å². The van der Waals surface area contributed by atoms with Crippen LogP contribution >= 0.6 is 15.9 Å². The molecule has 1 N–H and O–H groups in total.